The molecule has 0 spiro atoms. The molecule has 24 rings (SSSR count). The van der Waals surface area contributed by atoms with E-state index in [4.69, 9.17) is 0 Å². The lowest BCUT2D eigenvalue weighted by Crippen LogP contribution is -2.11. The van der Waals surface area contributed by atoms with Crippen LogP contribution in [0.5, 0.6) is 0 Å². The minimum atomic E-state index is 1.09. The molecule has 4 heteroatoms. The van der Waals surface area contributed by atoms with Crippen LogP contribution in [0.1, 0.15) is 5.56 Å². The van der Waals surface area contributed by atoms with Crippen molar-refractivity contribution in [2.45, 2.75) is 6.92 Å². The molecular weight excluding hydrogens is 1510 g/mol. The highest BCUT2D eigenvalue weighted by atomic mass is 15.2. The van der Waals surface area contributed by atoms with Crippen molar-refractivity contribution >= 4 is 142 Å². The Morgan fingerprint density at radius 2 is 0.424 bits per heavy atom. The molecule has 22 aromatic carbocycles. The first kappa shape index (κ1) is 73.7. The zero-order chi connectivity index (χ0) is 82.8. The zero-order valence-electron chi connectivity index (χ0n) is 68.9. The number of benzene rings is 22. The van der Waals surface area contributed by atoms with Crippen LogP contribution in [0.4, 0.5) is 34.1 Å². The van der Waals surface area contributed by atoms with E-state index in [1.807, 2.05) is 0 Å². The van der Waals surface area contributed by atoms with Crippen LogP contribution < -0.4 is 9.80 Å². The summed E-state index contributed by atoms with van der Waals surface area (Å²) in [7, 11) is 0. The molecule has 2 aromatic heterocycles. The molecule has 0 bridgehead atoms. The number of hydrogen-bond acceptors (Lipinski definition) is 2. The van der Waals surface area contributed by atoms with Crippen molar-refractivity contribution in [1.82, 2.24) is 9.13 Å². The van der Waals surface area contributed by atoms with Crippen molar-refractivity contribution in [3.8, 4) is 78.1 Å². The molecule has 0 fully saturated rings. The van der Waals surface area contributed by atoms with Crippen molar-refractivity contribution in [3.05, 3.63) is 485 Å². The summed E-state index contributed by atoms with van der Waals surface area (Å²) in [5.41, 5.74) is 29.8. The Labute approximate surface area is 726 Å². The normalized spacial score (nSPS) is 11.6. The second kappa shape index (κ2) is 31.3. The summed E-state index contributed by atoms with van der Waals surface area (Å²) in [5.74, 6) is 0. The van der Waals surface area contributed by atoms with Crippen LogP contribution >= 0.6 is 0 Å². The van der Waals surface area contributed by atoms with Gasteiger partial charge in [-0.3, -0.25) is 0 Å². The van der Waals surface area contributed by atoms with Crippen LogP contribution in [-0.4, -0.2) is 9.13 Å². The molecule has 0 unspecified atom stereocenters. The van der Waals surface area contributed by atoms with Gasteiger partial charge in [-0.25, -0.2) is 0 Å². The Bertz CT molecular complexity index is 8020. The van der Waals surface area contributed by atoms with Crippen LogP contribution in [0.15, 0.2) is 479 Å². The molecule has 0 saturated carbocycles. The van der Waals surface area contributed by atoms with Gasteiger partial charge in [0.2, 0.25) is 0 Å². The number of hydrogen-bond donors (Lipinski definition) is 0. The minimum absolute atomic E-state index is 1.09. The van der Waals surface area contributed by atoms with E-state index < -0.39 is 0 Å². The van der Waals surface area contributed by atoms with Gasteiger partial charge in [-0.05, 0) is 237 Å². The maximum atomic E-state index is 2.47. The summed E-state index contributed by atoms with van der Waals surface area (Å²) in [6, 6.07) is 175. The number of para-hydroxylation sites is 6. The summed E-state index contributed by atoms with van der Waals surface area (Å²) < 4.78 is 4.76. The third-order valence-electron chi connectivity index (χ3n) is 25.4. The SMILES string of the molecule is Cc1ccc2c(-c3ccccc3-c3ccccc3)c3ccccc3c(-c3c4ccccc4c(N(c4ccccc4)c4ccc(-n5c6ccccc6c6ccccc65)cc4)c4ccccc34)c2c1.c1ccc(-c2c3ccccc3c(-c3ccc(-c4ccc(N(c5ccccc5)c5ccc(-n6c7ccccc7c7ccccc76)cc5)cc4)cc3)c3ccccc23)cc1. The standard InChI is InChI=1S/C65H44N2.C56H38N2/c1-43-36-41-56-59(42-43)64(53-29-11-10-28-52(53)62(56)51-27-9-8-24-48(51)44-20-4-2-5-21-44)63-54-30-12-14-32-57(54)65(58-33-15-13-31-55(58)63)66(45-22-6-3-7-23-45)46-37-39-47(40-38-46)67-60-34-18-16-25-49(60)50-26-17-19-35-61(50)67;1-3-15-41(16-4-1)55-49-21-7-9-23-51(49)56(52-24-10-8-22-50(52)55)42-29-27-39(28-30-42)40-31-33-44(34-32-40)57(43-17-5-2-6-18-43)45-35-37-46(38-36-45)58-53-25-13-11-19-47(53)48-20-12-14-26-54(48)58/h2-42H,1H3;1-38H. The van der Waals surface area contributed by atoms with Crippen molar-refractivity contribution in [1.29, 1.82) is 0 Å². The van der Waals surface area contributed by atoms with Crippen LogP contribution in [0.25, 0.3) is 186 Å². The highest BCUT2D eigenvalue weighted by Crippen LogP contribution is 2.54. The van der Waals surface area contributed by atoms with Crippen molar-refractivity contribution < 1.29 is 0 Å². The number of fused-ring (bicyclic) bond motifs is 12. The average molecular weight is 1590 g/mol. The molecule has 586 valence electrons. The van der Waals surface area contributed by atoms with Crippen LogP contribution in [-0.2, 0) is 0 Å². The van der Waals surface area contributed by atoms with Gasteiger partial charge in [-0.1, -0.05) is 376 Å². The molecule has 0 radical (unpaired) electrons. The Balaban J connectivity index is 0.000000146. The monoisotopic (exact) mass is 1590 g/mol. The first-order chi connectivity index (χ1) is 62.0. The molecule has 4 nitrogen and oxygen atoms in total. The van der Waals surface area contributed by atoms with Gasteiger partial charge in [0.1, 0.15) is 0 Å². The quantitative estimate of drug-likeness (QED) is 0.101. The molecule has 0 aliphatic carbocycles. The second-order valence-corrected chi connectivity index (χ2v) is 32.5. The summed E-state index contributed by atoms with van der Waals surface area (Å²) in [4.78, 5) is 4.80. The molecular formula is C121H82N4. The van der Waals surface area contributed by atoms with Gasteiger partial charge >= 0.3 is 0 Å². The lowest BCUT2D eigenvalue weighted by Gasteiger charge is -2.30. The van der Waals surface area contributed by atoms with Gasteiger partial charge < -0.3 is 18.9 Å². The number of anilines is 6. The topological polar surface area (TPSA) is 16.3 Å². The fourth-order valence-electron chi connectivity index (χ4n) is 19.9. The Hall–Kier alpha value is -16.4. The Morgan fingerprint density at radius 1 is 0.160 bits per heavy atom. The first-order valence-corrected chi connectivity index (χ1v) is 43.1. The predicted octanol–water partition coefficient (Wildman–Crippen LogP) is 33.7. The van der Waals surface area contributed by atoms with Gasteiger partial charge in [0.25, 0.3) is 0 Å². The Morgan fingerprint density at radius 3 is 0.848 bits per heavy atom. The van der Waals surface area contributed by atoms with Crippen LogP contribution in [0, 0.1) is 6.92 Å². The van der Waals surface area contributed by atoms with Gasteiger partial charge in [0, 0.05) is 72.1 Å². The summed E-state index contributed by atoms with van der Waals surface area (Å²) in [5, 5.41) is 19.9. The lowest BCUT2D eigenvalue weighted by molar-refractivity contribution is 1.17. The van der Waals surface area contributed by atoms with Gasteiger partial charge in [-0.2, -0.15) is 0 Å². The molecule has 0 aliphatic rings. The third-order valence-corrected chi connectivity index (χ3v) is 25.4. The van der Waals surface area contributed by atoms with E-state index >= 15 is 0 Å². The molecule has 2 heterocycles. The maximum Gasteiger partial charge on any atom is 0.0618 e. The predicted molar refractivity (Wildman–Crippen MR) is 533 cm³/mol. The van der Waals surface area contributed by atoms with Gasteiger partial charge in [-0.15, -0.1) is 0 Å². The molecule has 24 aromatic rings. The number of nitrogens with zero attached hydrogens (tertiary/aromatic N) is 4. The molecule has 0 aliphatic heterocycles. The molecule has 0 N–H and O–H groups in total. The van der Waals surface area contributed by atoms with E-state index in [9.17, 15) is 0 Å². The second-order valence-electron chi connectivity index (χ2n) is 32.5. The van der Waals surface area contributed by atoms with E-state index in [2.05, 4.69) is 505 Å². The first-order valence-electron chi connectivity index (χ1n) is 43.1. The highest BCUT2D eigenvalue weighted by molar-refractivity contribution is 6.31. The van der Waals surface area contributed by atoms with Crippen molar-refractivity contribution in [2.75, 3.05) is 9.80 Å². The zero-order valence-corrected chi connectivity index (χ0v) is 68.9. The number of rotatable bonds is 14. The molecule has 125 heavy (non-hydrogen) atoms. The molecule has 0 saturated heterocycles. The summed E-state index contributed by atoms with van der Waals surface area (Å²) in [6.07, 6.45) is 0. The number of aryl methyl sites for hydroxylation is 1. The summed E-state index contributed by atoms with van der Waals surface area (Å²) >= 11 is 0. The minimum Gasteiger partial charge on any atom is -0.311 e. The largest absolute Gasteiger partial charge is 0.311 e. The fraction of sp³-hybridized carbons (Fsp3) is 0.00826. The van der Waals surface area contributed by atoms with E-state index in [-0.39, 0.29) is 0 Å². The van der Waals surface area contributed by atoms with E-state index in [0.717, 1.165) is 45.5 Å². The summed E-state index contributed by atoms with van der Waals surface area (Å²) in [6.45, 7) is 2.22. The smallest absolute Gasteiger partial charge is 0.0618 e. The van der Waals surface area contributed by atoms with Crippen LogP contribution in [0.2, 0.25) is 0 Å². The average Bonchev–Trinajstić information content (AvgIpc) is 1.61. The van der Waals surface area contributed by atoms with Gasteiger partial charge in [0.05, 0.1) is 27.8 Å². The molecule has 0 atom stereocenters. The Kier molecular flexibility index (Phi) is 18.5. The maximum absolute atomic E-state index is 2.47. The highest BCUT2D eigenvalue weighted by Gasteiger charge is 2.28. The van der Waals surface area contributed by atoms with Gasteiger partial charge in [0.15, 0.2) is 0 Å². The van der Waals surface area contributed by atoms with E-state index in [1.54, 1.807) is 0 Å². The fourth-order valence-corrected chi connectivity index (χ4v) is 19.9. The number of aromatic nitrogens is 2. The van der Waals surface area contributed by atoms with E-state index in [1.165, 1.54) is 181 Å². The lowest BCUT2D eigenvalue weighted by atomic mass is 9.81. The van der Waals surface area contributed by atoms with Crippen LogP contribution in [0.3, 0.4) is 0 Å². The third kappa shape index (κ3) is 12.8. The van der Waals surface area contributed by atoms with Crippen molar-refractivity contribution in [2.24, 2.45) is 0 Å². The van der Waals surface area contributed by atoms with E-state index in [0.29, 0.717) is 0 Å². The molecule has 0 amide bonds. The van der Waals surface area contributed by atoms with Crippen molar-refractivity contribution in [3.63, 3.8) is 0 Å².